The summed E-state index contributed by atoms with van der Waals surface area (Å²) in [7, 11) is 0. The Morgan fingerprint density at radius 3 is 1.64 bits per heavy atom. The summed E-state index contributed by atoms with van der Waals surface area (Å²) in [6.45, 7) is 19.3. The van der Waals surface area contributed by atoms with Crippen molar-refractivity contribution >= 4 is 27.5 Å². The van der Waals surface area contributed by atoms with Gasteiger partial charge >= 0.3 is 0 Å². The summed E-state index contributed by atoms with van der Waals surface area (Å²) in [6.07, 6.45) is 2.34. The van der Waals surface area contributed by atoms with Crippen LogP contribution in [0.1, 0.15) is 66.0 Å². The van der Waals surface area contributed by atoms with Crippen LogP contribution >= 0.6 is 0 Å². The Bertz CT molecular complexity index is 1010. The first-order chi connectivity index (χ1) is 13.0. The summed E-state index contributed by atoms with van der Waals surface area (Å²) < 4.78 is 2.18. The molecule has 0 aliphatic rings. The average Bonchev–Trinajstić information content (AvgIpc) is 2.94. The van der Waals surface area contributed by atoms with E-state index in [4.69, 9.17) is 0 Å². The molecule has 3 rings (SSSR count). The van der Waals surface area contributed by atoms with Crippen LogP contribution in [0.5, 0.6) is 0 Å². The molecule has 2 heteroatoms. The largest absolute Gasteiger partial charge is 0.510 e. The fraction of sp³-hybridized carbons (Fsp3) is 0.385. The van der Waals surface area contributed by atoms with Crippen molar-refractivity contribution in [1.82, 2.24) is 4.57 Å². The molecule has 0 aliphatic carbocycles. The van der Waals surface area contributed by atoms with Crippen LogP contribution in [0.2, 0.25) is 0 Å². The van der Waals surface area contributed by atoms with Gasteiger partial charge in [-0.15, -0.1) is 0 Å². The maximum Gasteiger partial charge on any atom is 0.116 e. The molecule has 1 heterocycles. The lowest BCUT2D eigenvalue weighted by Crippen LogP contribution is -2.11. The fourth-order valence-electron chi connectivity index (χ4n) is 3.73. The second-order valence-electron chi connectivity index (χ2n) is 9.69. The van der Waals surface area contributed by atoms with E-state index in [1.54, 1.807) is 6.08 Å². The van der Waals surface area contributed by atoms with Gasteiger partial charge in [0.05, 0.1) is 16.7 Å². The van der Waals surface area contributed by atoms with Gasteiger partial charge in [0.25, 0.3) is 0 Å². The van der Waals surface area contributed by atoms with E-state index < -0.39 is 0 Å². The third-order valence-electron chi connectivity index (χ3n) is 5.56. The smallest absolute Gasteiger partial charge is 0.116 e. The van der Waals surface area contributed by atoms with Crippen LogP contribution < -0.4 is 0 Å². The highest BCUT2D eigenvalue weighted by Gasteiger charge is 2.21. The molecule has 1 aromatic heterocycles. The molecule has 2 aromatic carbocycles. The maximum atomic E-state index is 10.7. The number of allylic oxidation sites excluding steroid dienone is 3. The Balaban J connectivity index is 2.52. The Kier molecular flexibility index (Phi) is 4.95. The molecule has 0 unspecified atom stereocenters. The third kappa shape index (κ3) is 3.37. The molecule has 0 saturated carbocycles. The van der Waals surface area contributed by atoms with Gasteiger partial charge in [-0.1, -0.05) is 79.3 Å². The Morgan fingerprint density at radius 2 is 1.32 bits per heavy atom. The maximum absolute atomic E-state index is 10.7. The summed E-state index contributed by atoms with van der Waals surface area (Å²) in [5.74, 6) is 0.358. The van der Waals surface area contributed by atoms with Crippen molar-refractivity contribution in [3.05, 3.63) is 65.9 Å². The number of rotatable bonds is 3. The van der Waals surface area contributed by atoms with Gasteiger partial charge in [0.15, 0.2) is 0 Å². The lowest BCUT2D eigenvalue weighted by atomic mass is 9.86. The van der Waals surface area contributed by atoms with E-state index in [1.165, 1.54) is 21.9 Å². The van der Waals surface area contributed by atoms with Crippen molar-refractivity contribution in [1.29, 1.82) is 0 Å². The molecule has 0 amide bonds. The molecular formula is C26H33NO. The molecule has 0 radical (unpaired) electrons. The molecule has 0 saturated heterocycles. The molecule has 3 aromatic rings. The number of aliphatic hydroxyl groups excluding tert-OH is 1. The second-order valence-corrected chi connectivity index (χ2v) is 9.69. The highest BCUT2D eigenvalue weighted by atomic mass is 16.3. The van der Waals surface area contributed by atoms with Gasteiger partial charge in [0.1, 0.15) is 5.76 Å². The first-order valence-corrected chi connectivity index (χ1v) is 10.1. The Morgan fingerprint density at radius 1 is 0.893 bits per heavy atom. The number of benzene rings is 2. The highest BCUT2D eigenvalue weighted by molar-refractivity contribution is 6.11. The molecule has 0 fully saturated rings. The zero-order valence-electron chi connectivity index (χ0n) is 18.4. The van der Waals surface area contributed by atoms with Crippen molar-refractivity contribution in [3.63, 3.8) is 0 Å². The van der Waals surface area contributed by atoms with E-state index in [-0.39, 0.29) is 10.8 Å². The number of nitrogens with zero attached hydrogens (tertiary/aromatic N) is 1. The van der Waals surface area contributed by atoms with Crippen molar-refractivity contribution in [2.45, 2.75) is 65.7 Å². The first-order valence-electron chi connectivity index (χ1n) is 10.1. The zero-order valence-corrected chi connectivity index (χ0v) is 18.4. The van der Waals surface area contributed by atoms with Crippen molar-refractivity contribution in [2.75, 3.05) is 0 Å². The lowest BCUT2D eigenvalue weighted by molar-refractivity contribution is 0.395. The van der Waals surface area contributed by atoms with E-state index in [2.05, 4.69) is 89.1 Å². The van der Waals surface area contributed by atoms with Crippen molar-refractivity contribution < 1.29 is 5.11 Å². The number of hydrogen-bond acceptors (Lipinski definition) is 1. The molecule has 148 valence electrons. The number of fused-ring (bicyclic) bond motifs is 3. The highest BCUT2D eigenvalue weighted by Crippen LogP contribution is 2.37. The van der Waals surface area contributed by atoms with Crippen molar-refractivity contribution in [3.8, 4) is 0 Å². The molecule has 0 atom stereocenters. The first kappa shape index (κ1) is 20.3. The van der Waals surface area contributed by atoms with E-state index in [1.807, 2.05) is 6.92 Å². The van der Waals surface area contributed by atoms with Gasteiger partial charge in [-0.3, -0.25) is 0 Å². The van der Waals surface area contributed by atoms with Crippen LogP contribution in [-0.4, -0.2) is 9.67 Å². The van der Waals surface area contributed by atoms with Crippen LogP contribution in [0, 0.1) is 0 Å². The fourth-order valence-corrected chi connectivity index (χ4v) is 3.73. The predicted octanol–water partition coefficient (Wildman–Crippen LogP) is 7.71. The van der Waals surface area contributed by atoms with Crippen LogP contribution in [0.3, 0.4) is 0 Å². The standard InChI is InChI=1S/C26H33NO/c1-9-21(24(28)10-2)27-22-15-17(25(3,4)5)11-13-19(22)20-14-12-18(16-23(20)27)26(6,7)8/h9,11-16,28H,1,10H2,2-8H3. The number of aromatic nitrogens is 1. The van der Waals surface area contributed by atoms with Gasteiger partial charge in [0, 0.05) is 17.2 Å². The van der Waals surface area contributed by atoms with E-state index >= 15 is 0 Å². The van der Waals surface area contributed by atoms with Gasteiger partial charge in [-0.2, -0.15) is 0 Å². The van der Waals surface area contributed by atoms with Gasteiger partial charge in [-0.25, -0.2) is 0 Å². The Hall–Kier alpha value is -2.48. The van der Waals surface area contributed by atoms with E-state index in [9.17, 15) is 5.11 Å². The normalized spacial score (nSPS) is 13.8. The topological polar surface area (TPSA) is 25.2 Å². The summed E-state index contributed by atoms with van der Waals surface area (Å²) in [6, 6.07) is 13.4. The molecule has 0 aliphatic heterocycles. The summed E-state index contributed by atoms with van der Waals surface area (Å²) in [4.78, 5) is 0. The number of hydrogen-bond donors (Lipinski definition) is 1. The Labute approximate surface area is 169 Å². The third-order valence-corrected chi connectivity index (χ3v) is 5.56. The van der Waals surface area contributed by atoms with E-state index in [0.717, 1.165) is 16.7 Å². The molecule has 0 spiro atoms. The van der Waals surface area contributed by atoms with Crippen LogP contribution in [-0.2, 0) is 10.8 Å². The van der Waals surface area contributed by atoms with Crippen LogP contribution in [0.25, 0.3) is 27.5 Å². The van der Waals surface area contributed by atoms with Crippen molar-refractivity contribution in [2.24, 2.45) is 0 Å². The summed E-state index contributed by atoms with van der Waals surface area (Å²) >= 11 is 0. The SMILES string of the molecule is C=CC(=C(O)CC)n1c2cc(C(C)(C)C)ccc2c2ccc(C(C)(C)C)cc21. The molecule has 0 bridgehead atoms. The minimum atomic E-state index is 0.0525. The van der Waals surface area contributed by atoms with Gasteiger partial charge < -0.3 is 9.67 Å². The van der Waals surface area contributed by atoms with Gasteiger partial charge in [0.2, 0.25) is 0 Å². The predicted molar refractivity (Wildman–Crippen MR) is 123 cm³/mol. The monoisotopic (exact) mass is 375 g/mol. The molecule has 28 heavy (non-hydrogen) atoms. The average molecular weight is 376 g/mol. The molecule has 1 N–H and O–H groups in total. The summed E-state index contributed by atoms with van der Waals surface area (Å²) in [5, 5.41) is 13.1. The number of aliphatic hydroxyl groups is 1. The quantitative estimate of drug-likeness (QED) is 0.368. The molecular weight excluding hydrogens is 342 g/mol. The lowest BCUT2D eigenvalue weighted by Gasteiger charge is -2.20. The second kappa shape index (κ2) is 6.84. The van der Waals surface area contributed by atoms with Gasteiger partial charge in [-0.05, 0) is 40.2 Å². The van der Waals surface area contributed by atoms with Crippen LogP contribution in [0.15, 0.2) is 54.8 Å². The molecule has 2 nitrogen and oxygen atoms in total. The minimum absolute atomic E-state index is 0.0525. The zero-order chi connectivity index (χ0) is 20.9. The van der Waals surface area contributed by atoms with E-state index in [0.29, 0.717) is 12.2 Å². The van der Waals surface area contributed by atoms with Crippen LogP contribution in [0.4, 0.5) is 0 Å². The minimum Gasteiger partial charge on any atom is -0.510 e. The summed E-state index contributed by atoms with van der Waals surface area (Å²) in [5.41, 5.74) is 5.65.